The Bertz CT molecular complexity index is 591. The van der Waals surface area contributed by atoms with Crippen molar-refractivity contribution in [3.63, 3.8) is 0 Å². The molecule has 1 aliphatic rings. The van der Waals surface area contributed by atoms with Gasteiger partial charge >= 0.3 is 0 Å². The highest BCUT2D eigenvalue weighted by Gasteiger charge is 2.19. The van der Waals surface area contributed by atoms with E-state index in [1.165, 1.54) is 5.56 Å². The summed E-state index contributed by atoms with van der Waals surface area (Å²) >= 11 is 0. The lowest BCUT2D eigenvalue weighted by atomic mass is 10.2. The van der Waals surface area contributed by atoms with Crippen molar-refractivity contribution in [2.75, 3.05) is 52.9 Å². The highest BCUT2D eigenvalue weighted by molar-refractivity contribution is 5.86. The molecule has 0 aliphatic carbocycles. The van der Waals surface area contributed by atoms with Crippen LogP contribution in [0.3, 0.4) is 0 Å². The number of guanidine groups is 1. The van der Waals surface area contributed by atoms with Crippen LogP contribution in [0.25, 0.3) is 6.08 Å². The van der Waals surface area contributed by atoms with Crippen molar-refractivity contribution >= 4 is 17.9 Å². The lowest BCUT2D eigenvalue weighted by Crippen LogP contribution is -2.53. The number of nitrogens with zero attached hydrogens (tertiary/aromatic N) is 3. The first kappa shape index (κ1) is 20.0. The van der Waals surface area contributed by atoms with Crippen LogP contribution in [0.4, 0.5) is 0 Å². The monoisotopic (exact) mass is 357 g/mol. The maximum absolute atomic E-state index is 11.7. The zero-order chi connectivity index (χ0) is 18.6. The van der Waals surface area contributed by atoms with Crippen LogP contribution >= 0.6 is 0 Å². The number of hydrogen-bond donors (Lipinski definition) is 2. The van der Waals surface area contributed by atoms with Gasteiger partial charge in [-0.15, -0.1) is 0 Å². The van der Waals surface area contributed by atoms with Crippen molar-refractivity contribution in [3.05, 3.63) is 42.0 Å². The number of carbonyl (C=O) groups is 1. The SMILES string of the molecule is CCCNC(=O)CNC(=NC)N1CCN(CC=Cc2ccccc2)CC1. The van der Waals surface area contributed by atoms with Crippen molar-refractivity contribution in [1.82, 2.24) is 20.4 Å². The van der Waals surface area contributed by atoms with Gasteiger partial charge in [-0.05, 0) is 12.0 Å². The molecule has 26 heavy (non-hydrogen) atoms. The highest BCUT2D eigenvalue weighted by Crippen LogP contribution is 2.05. The first-order valence-electron chi connectivity index (χ1n) is 9.39. The summed E-state index contributed by atoms with van der Waals surface area (Å²) in [6.07, 6.45) is 5.33. The molecule has 0 unspecified atom stereocenters. The van der Waals surface area contributed by atoms with Gasteiger partial charge in [-0.2, -0.15) is 0 Å². The molecule has 0 bridgehead atoms. The Hall–Kier alpha value is -2.34. The van der Waals surface area contributed by atoms with Gasteiger partial charge in [0.05, 0.1) is 6.54 Å². The predicted octanol–water partition coefficient (Wildman–Crippen LogP) is 1.42. The van der Waals surface area contributed by atoms with Gasteiger partial charge in [-0.25, -0.2) is 0 Å². The van der Waals surface area contributed by atoms with E-state index < -0.39 is 0 Å². The summed E-state index contributed by atoms with van der Waals surface area (Å²) in [4.78, 5) is 20.7. The number of rotatable bonds is 7. The first-order valence-corrected chi connectivity index (χ1v) is 9.39. The van der Waals surface area contributed by atoms with Crippen molar-refractivity contribution in [1.29, 1.82) is 0 Å². The van der Waals surface area contributed by atoms with Crippen molar-refractivity contribution in [2.45, 2.75) is 13.3 Å². The van der Waals surface area contributed by atoms with E-state index in [1.54, 1.807) is 7.05 Å². The van der Waals surface area contributed by atoms with Crippen LogP contribution in [0, 0.1) is 0 Å². The second-order valence-electron chi connectivity index (χ2n) is 6.35. The standard InChI is InChI=1S/C20H31N5O/c1-3-11-22-19(26)17-23-20(21-2)25-15-13-24(14-16-25)12-7-10-18-8-5-4-6-9-18/h4-10H,3,11-17H2,1-2H3,(H,21,23)(H,22,26). The van der Waals surface area contributed by atoms with Crippen molar-refractivity contribution in [2.24, 2.45) is 4.99 Å². The number of nitrogens with one attached hydrogen (secondary N) is 2. The first-order chi connectivity index (χ1) is 12.7. The molecule has 1 aliphatic heterocycles. The number of amides is 1. The normalized spacial score (nSPS) is 16.1. The molecular weight excluding hydrogens is 326 g/mol. The Morgan fingerprint density at radius 3 is 2.54 bits per heavy atom. The maximum Gasteiger partial charge on any atom is 0.239 e. The molecule has 2 rings (SSSR count). The molecule has 142 valence electrons. The zero-order valence-corrected chi connectivity index (χ0v) is 15.9. The Balaban J connectivity index is 1.70. The van der Waals surface area contributed by atoms with E-state index in [1.807, 2.05) is 13.0 Å². The maximum atomic E-state index is 11.7. The van der Waals surface area contributed by atoms with Crippen LogP contribution in [0.15, 0.2) is 41.4 Å². The molecule has 1 aromatic rings. The van der Waals surface area contributed by atoms with Crippen LogP contribution in [0.1, 0.15) is 18.9 Å². The molecule has 6 nitrogen and oxygen atoms in total. The zero-order valence-electron chi connectivity index (χ0n) is 15.9. The molecule has 0 radical (unpaired) electrons. The number of benzene rings is 1. The van der Waals surface area contributed by atoms with E-state index in [4.69, 9.17) is 0 Å². The topological polar surface area (TPSA) is 60.0 Å². The molecule has 1 amide bonds. The third-order valence-corrected chi connectivity index (χ3v) is 4.34. The summed E-state index contributed by atoms with van der Waals surface area (Å²) in [6.45, 7) is 7.78. The van der Waals surface area contributed by atoms with Gasteiger partial charge in [0.25, 0.3) is 0 Å². The van der Waals surface area contributed by atoms with E-state index in [-0.39, 0.29) is 12.5 Å². The van der Waals surface area contributed by atoms with Crippen LogP contribution in [-0.4, -0.2) is 74.5 Å². The minimum Gasteiger partial charge on any atom is -0.355 e. The summed E-state index contributed by atoms with van der Waals surface area (Å²) in [5.74, 6) is 0.814. The molecule has 1 fully saturated rings. The fourth-order valence-electron chi connectivity index (χ4n) is 2.86. The third-order valence-electron chi connectivity index (χ3n) is 4.34. The molecule has 1 saturated heterocycles. The van der Waals surface area contributed by atoms with E-state index in [0.717, 1.165) is 45.1 Å². The molecule has 0 atom stereocenters. The third kappa shape index (κ3) is 6.88. The quantitative estimate of drug-likeness (QED) is 0.572. The average Bonchev–Trinajstić information content (AvgIpc) is 2.68. The van der Waals surface area contributed by atoms with E-state index in [9.17, 15) is 4.79 Å². The summed E-state index contributed by atoms with van der Waals surface area (Å²) in [5.41, 5.74) is 1.23. The van der Waals surface area contributed by atoms with Crippen LogP contribution in [0.5, 0.6) is 0 Å². The second kappa shape index (κ2) is 11.3. The van der Waals surface area contributed by atoms with Gasteiger partial charge in [0.15, 0.2) is 5.96 Å². The summed E-state index contributed by atoms with van der Waals surface area (Å²) in [6, 6.07) is 10.4. The molecule has 0 saturated carbocycles. The molecule has 1 aromatic carbocycles. The highest BCUT2D eigenvalue weighted by atomic mass is 16.1. The second-order valence-corrected chi connectivity index (χ2v) is 6.35. The fraction of sp³-hybridized carbons (Fsp3) is 0.500. The lowest BCUT2D eigenvalue weighted by molar-refractivity contribution is -0.120. The minimum atomic E-state index is 0.0117. The lowest BCUT2D eigenvalue weighted by Gasteiger charge is -2.36. The molecule has 0 aromatic heterocycles. The van der Waals surface area contributed by atoms with Crippen LogP contribution < -0.4 is 10.6 Å². The Kier molecular flexibility index (Phi) is 8.69. The van der Waals surface area contributed by atoms with E-state index >= 15 is 0 Å². The van der Waals surface area contributed by atoms with Crippen LogP contribution in [-0.2, 0) is 4.79 Å². The number of piperazine rings is 1. The van der Waals surface area contributed by atoms with Gasteiger partial charge in [0, 0.05) is 46.3 Å². The number of hydrogen-bond acceptors (Lipinski definition) is 3. The molecule has 0 spiro atoms. The molecule has 2 N–H and O–H groups in total. The van der Waals surface area contributed by atoms with Gasteiger partial charge < -0.3 is 15.5 Å². The Morgan fingerprint density at radius 2 is 1.88 bits per heavy atom. The number of aliphatic imine (C=N–C) groups is 1. The molecular formula is C20H31N5O. The summed E-state index contributed by atoms with van der Waals surface area (Å²) < 4.78 is 0. The van der Waals surface area contributed by atoms with Gasteiger partial charge in [0.1, 0.15) is 0 Å². The molecule has 1 heterocycles. The average molecular weight is 358 g/mol. The van der Waals surface area contributed by atoms with Gasteiger partial charge in [0.2, 0.25) is 5.91 Å². The van der Waals surface area contributed by atoms with Gasteiger partial charge in [-0.1, -0.05) is 49.4 Å². The summed E-state index contributed by atoms with van der Waals surface area (Å²) in [7, 11) is 1.77. The van der Waals surface area contributed by atoms with Gasteiger partial charge in [-0.3, -0.25) is 14.7 Å². The Morgan fingerprint density at radius 1 is 1.15 bits per heavy atom. The van der Waals surface area contributed by atoms with E-state index in [0.29, 0.717) is 6.54 Å². The largest absolute Gasteiger partial charge is 0.355 e. The fourth-order valence-corrected chi connectivity index (χ4v) is 2.86. The predicted molar refractivity (Wildman–Crippen MR) is 108 cm³/mol. The number of carbonyl (C=O) groups excluding carboxylic acids is 1. The Labute approximate surface area is 157 Å². The van der Waals surface area contributed by atoms with Crippen molar-refractivity contribution < 1.29 is 4.79 Å². The van der Waals surface area contributed by atoms with Crippen molar-refractivity contribution in [3.8, 4) is 0 Å². The molecule has 6 heteroatoms. The minimum absolute atomic E-state index is 0.0117. The van der Waals surface area contributed by atoms with Crippen LogP contribution in [0.2, 0.25) is 0 Å². The summed E-state index contributed by atoms with van der Waals surface area (Å²) in [5, 5.41) is 6.03. The smallest absolute Gasteiger partial charge is 0.239 e. The van der Waals surface area contributed by atoms with E-state index in [2.05, 4.69) is 61.8 Å².